The van der Waals surface area contributed by atoms with Crippen LogP contribution in [-0.4, -0.2) is 30.5 Å². The van der Waals surface area contributed by atoms with E-state index in [4.69, 9.17) is 5.73 Å². The molecule has 0 fully saturated rings. The number of rotatable bonds is 4. The predicted octanol–water partition coefficient (Wildman–Crippen LogP) is 2.78. The second-order valence-electron chi connectivity index (χ2n) is 6.12. The summed E-state index contributed by atoms with van der Waals surface area (Å²) in [5.41, 5.74) is 4.90. The number of azo groups is 1. The normalized spacial score (nSPS) is 10.8. The first-order valence-corrected chi connectivity index (χ1v) is 8.71. The topological polar surface area (TPSA) is 179 Å². The van der Waals surface area contributed by atoms with E-state index in [1.165, 1.54) is 23.0 Å². The number of hydrogen-bond donors (Lipinski definition) is 2. The summed E-state index contributed by atoms with van der Waals surface area (Å²) >= 11 is 0. The highest BCUT2D eigenvalue weighted by Crippen LogP contribution is 2.39. The van der Waals surface area contributed by atoms with Crippen molar-refractivity contribution < 1.29 is 9.90 Å². The van der Waals surface area contributed by atoms with Gasteiger partial charge in [0.15, 0.2) is 17.1 Å². The Morgan fingerprint density at radius 3 is 2.52 bits per heavy atom. The van der Waals surface area contributed by atoms with E-state index in [0.29, 0.717) is 10.8 Å². The van der Waals surface area contributed by atoms with E-state index < -0.39 is 11.7 Å². The van der Waals surface area contributed by atoms with Crippen LogP contribution in [0.4, 0.5) is 11.6 Å². The van der Waals surface area contributed by atoms with Gasteiger partial charge in [0.25, 0.3) is 11.9 Å². The Morgan fingerprint density at radius 2 is 1.84 bits per heavy atom. The third kappa shape index (κ3) is 3.28. The van der Waals surface area contributed by atoms with Crippen molar-refractivity contribution in [2.75, 3.05) is 0 Å². The quantitative estimate of drug-likeness (QED) is 0.486. The highest BCUT2D eigenvalue weighted by atomic mass is 16.3. The molecule has 31 heavy (non-hydrogen) atoms. The number of imidazole rings is 1. The molecule has 0 aliphatic rings. The van der Waals surface area contributed by atoms with E-state index in [9.17, 15) is 20.4 Å². The standard InChI is InChI=1S/C20H11N9O2/c21-9-14-15(10-22)29(19-24-6-3-7-25-19)20(26-14)28-27-16-12-5-2-1-4-11(12)8-13(17(16)30)18(23)31/h1-8,30H,(H2,23,31). The number of benzene rings is 2. The molecule has 3 N–H and O–H groups in total. The van der Waals surface area contributed by atoms with Gasteiger partial charge in [0.05, 0.1) is 5.56 Å². The van der Waals surface area contributed by atoms with Crippen LogP contribution in [0.1, 0.15) is 21.7 Å². The monoisotopic (exact) mass is 409 g/mol. The average Bonchev–Trinajstić information content (AvgIpc) is 3.16. The van der Waals surface area contributed by atoms with Gasteiger partial charge < -0.3 is 10.8 Å². The van der Waals surface area contributed by atoms with Crippen molar-refractivity contribution in [2.45, 2.75) is 0 Å². The molecule has 11 nitrogen and oxygen atoms in total. The Morgan fingerprint density at radius 1 is 1.10 bits per heavy atom. The number of amides is 1. The van der Waals surface area contributed by atoms with Gasteiger partial charge in [-0.05, 0) is 17.5 Å². The molecule has 2 aromatic carbocycles. The smallest absolute Gasteiger partial charge is 0.258 e. The second kappa shape index (κ2) is 7.69. The minimum absolute atomic E-state index is 0.0209. The number of aromatic nitrogens is 4. The minimum Gasteiger partial charge on any atom is -0.505 e. The molecule has 0 radical (unpaired) electrons. The Hall–Kier alpha value is -5.16. The van der Waals surface area contributed by atoms with E-state index in [-0.39, 0.29) is 34.5 Å². The van der Waals surface area contributed by atoms with Gasteiger partial charge in [-0.1, -0.05) is 24.3 Å². The van der Waals surface area contributed by atoms with Crippen molar-refractivity contribution >= 4 is 28.3 Å². The molecule has 2 aromatic heterocycles. The van der Waals surface area contributed by atoms with Crippen LogP contribution in [0.3, 0.4) is 0 Å². The third-order valence-corrected chi connectivity index (χ3v) is 4.32. The van der Waals surface area contributed by atoms with Crippen LogP contribution in [0.15, 0.2) is 59.0 Å². The zero-order valence-electron chi connectivity index (χ0n) is 15.6. The number of carbonyl (C=O) groups is 1. The van der Waals surface area contributed by atoms with Crippen LogP contribution in [0, 0.1) is 22.7 Å². The fourth-order valence-corrected chi connectivity index (χ4v) is 2.95. The zero-order valence-corrected chi connectivity index (χ0v) is 15.6. The van der Waals surface area contributed by atoms with Crippen molar-refractivity contribution in [3.8, 4) is 23.8 Å². The molecule has 0 bridgehead atoms. The van der Waals surface area contributed by atoms with Gasteiger partial charge in [-0.25, -0.2) is 14.5 Å². The van der Waals surface area contributed by atoms with Crippen LogP contribution in [0.2, 0.25) is 0 Å². The molecule has 4 rings (SSSR count). The van der Waals surface area contributed by atoms with Crippen molar-refractivity contribution in [3.63, 3.8) is 0 Å². The summed E-state index contributed by atoms with van der Waals surface area (Å²) in [4.78, 5) is 23.9. The molecule has 2 heterocycles. The van der Waals surface area contributed by atoms with Crippen LogP contribution < -0.4 is 5.73 Å². The minimum atomic E-state index is -0.836. The fraction of sp³-hybridized carbons (Fsp3) is 0. The summed E-state index contributed by atoms with van der Waals surface area (Å²) in [5, 5.41) is 38.6. The van der Waals surface area contributed by atoms with Crippen LogP contribution in [0.25, 0.3) is 16.7 Å². The summed E-state index contributed by atoms with van der Waals surface area (Å²) in [6.07, 6.45) is 2.90. The first-order chi connectivity index (χ1) is 15.0. The first kappa shape index (κ1) is 19.2. The van der Waals surface area contributed by atoms with Crippen LogP contribution >= 0.6 is 0 Å². The Balaban J connectivity index is 1.95. The molecule has 0 spiro atoms. The van der Waals surface area contributed by atoms with E-state index in [2.05, 4.69) is 25.2 Å². The SMILES string of the molecule is N#Cc1nc(N=Nc2c(O)c(C(N)=O)cc3ccccc23)n(-c2ncccn2)c1C#N. The molecule has 0 atom stereocenters. The van der Waals surface area contributed by atoms with E-state index in [1.807, 2.05) is 12.1 Å². The van der Waals surface area contributed by atoms with Gasteiger partial charge in [0, 0.05) is 17.8 Å². The maximum Gasteiger partial charge on any atom is 0.258 e. The second-order valence-corrected chi connectivity index (χ2v) is 6.12. The first-order valence-electron chi connectivity index (χ1n) is 8.71. The van der Waals surface area contributed by atoms with E-state index >= 15 is 0 Å². The molecule has 11 heteroatoms. The number of nitrogens with zero attached hydrogens (tertiary/aromatic N) is 8. The number of hydrogen-bond acceptors (Lipinski definition) is 9. The number of phenols is 1. The van der Waals surface area contributed by atoms with E-state index in [1.54, 1.807) is 30.3 Å². The summed E-state index contributed by atoms with van der Waals surface area (Å²) in [6, 6.07) is 13.6. The average molecular weight is 409 g/mol. The summed E-state index contributed by atoms with van der Waals surface area (Å²) in [5.74, 6) is -1.39. The Labute approximate surface area is 174 Å². The van der Waals surface area contributed by atoms with Gasteiger partial charge in [-0.15, -0.1) is 10.2 Å². The zero-order chi connectivity index (χ0) is 22.0. The number of fused-ring (bicyclic) bond motifs is 1. The number of nitrogens with two attached hydrogens (primary N) is 1. The highest BCUT2D eigenvalue weighted by molar-refractivity contribution is 6.06. The summed E-state index contributed by atoms with van der Waals surface area (Å²) in [6.45, 7) is 0. The lowest BCUT2D eigenvalue weighted by Gasteiger charge is -2.08. The van der Waals surface area contributed by atoms with Crippen molar-refractivity contribution in [1.29, 1.82) is 10.5 Å². The highest BCUT2D eigenvalue weighted by Gasteiger charge is 2.21. The maximum absolute atomic E-state index is 11.7. The van der Waals surface area contributed by atoms with Gasteiger partial charge >= 0.3 is 0 Å². The number of nitriles is 2. The number of carbonyl (C=O) groups excluding carboxylic acids is 1. The molecular formula is C20H11N9O2. The van der Waals surface area contributed by atoms with Crippen molar-refractivity contribution in [3.05, 3.63) is 65.7 Å². The maximum atomic E-state index is 11.7. The lowest BCUT2D eigenvalue weighted by Crippen LogP contribution is -2.11. The van der Waals surface area contributed by atoms with Crippen molar-refractivity contribution in [2.24, 2.45) is 16.0 Å². The fourth-order valence-electron chi connectivity index (χ4n) is 2.95. The third-order valence-electron chi connectivity index (χ3n) is 4.32. The summed E-state index contributed by atoms with van der Waals surface area (Å²) in [7, 11) is 0. The number of aromatic hydroxyl groups is 1. The predicted molar refractivity (Wildman–Crippen MR) is 107 cm³/mol. The molecule has 0 aliphatic heterocycles. The molecule has 0 unspecified atom stereocenters. The Bertz CT molecular complexity index is 1440. The molecule has 0 aliphatic carbocycles. The van der Waals surface area contributed by atoms with Crippen LogP contribution in [-0.2, 0) is 0 Å². The largest absolute Gasteiger partial charge is 0.505 e. The lowest BCUT2D eigenvalue weighted by atomic mass is 10.0. The van der Waals surface area contributed by atoms with Gasteiger partial charge in [0.2, 0.25) is 5.95 Å². The molecule has 148 valence electrons. The molecular weight excluding hydrogens is 398 g/mol. The molecule has 1 amide bonds. The van der Waals surface area contributed by atoms with Gasteiger partial charge in [-0.2, -0.15) is 15.5 Å². The Kier molecular flexibility index (Phi) is 4.76. The number of primary amides is 1. The van der Waals surface area contributed by atoms with Gasteiger partial charge in [0.1, 0.15) is 17.8 Å². The molecule has 4 aromatic rings. The van der Waals surface area contributed by atoms with Crippen LogP contribution in [0.5, 0.6) is 5.75 Å². The van der Waals surface area contributed by atoms with Gasteiger partial charge in [-0.3, -0.25) is 4.79 Å². The van der Waals surface area contributed by atoms with Crippen molar-refractivity contribution in [1.82, 2.24) is 19.5 Å². The molecule has 0 saturated carbocycles. The summed E-state index contributed by atoms with van der Waals surface area (Å²) < 4.78 is 1.17. The lowest BCUT2D eigenvalue weighted by molar-refractivity contribution is 0.0998. The van der Waals surface area contributed by atoms with E-state index in [0.717, 1.165) is 0 Å². The molecule has 0 saturated heterocycles.